The molecule has 2 aromatic rings. The van der Waals surface area contributed by atoms with Gasteiger partial charge in [0.25, 0.3) is 0 Å². The zero-order chi connectivity index (χ0) is 19.2. The lowest BCUT2D eigenvalue weighted by molar-refractivity contribution is 0.219. The Hall–Kier alpha value is -1.70. The highest BCUT2D eigenvalue weighted by Crippen LogP contribution is 2.45. The number of aromatic nitrogens is 2. The maximum absolute atomic E-state index is 13.2. The molecule has 2 aliphatic rings. The Bertz CT molecular complexity index is 975. The van der Waals surface area contributed by atoms with Gasteiger partial charge in [-0.25, -0.2) is 18.4 Å². The Balaban J connectivity index is 1.71. The third-order valence-corrected chi connectivity index (χ3v) is 7.97. The normalized spacial score (nSPS) is 22.8. The molecule has 0 N–H and O–H groups in total. The van der Waals surface area contributed by atoms with E-state index in [4.69, 9.17) is 16.6 Å². The van der Waals surface area contributed by atoms with Crippen LogP contribution in [0.4, 0.5) is 5.95 Å². The van der Waals surface area contributed by atoms with Crippen molar-refractivity contribution in [1.82, 2.24) is 14.3 Å². The first kappa shape index (κ1) is 18.7. The topological polar surface area (TPSA) is 66.4 Å². The molecule has 1 aliphatic carbocycles. The molecule has 1 spiro atoms. The largest absolute Gasteiger partial charge is 0.347 e. The fourth-order valence-corrected chi connectivity index (χ4v) is 6.29. The average molecular weight is 407 g/mol. The van der Waals surface area contributed by atoms with Crippen LogP contribution >= 0.6 is 11.6 Å². The number of hydrogen-bond donors (Lipinski definition) is 0. The van der Waals surface area contributed by atoms with Crippen LogP contribution in [-0.2, 0) is 21.9 Å². The maximum Gasteiger partial charge on any atom is 0.244 e. The third kappa shape index (κ3) is 3.11. The molecule has 8 heteroatoms. The lowest BCUT2D eigenvalue weighted by Gasteiger charge is -2.40. The minimum atomic E-state index is -3.64. The summed E-state index contributed by atoms with van der Waals surface area (Å²) in [4.78, 5) is 11.3. The van der Waals surface area contributed by atoms with Crippen molar-refractivity contribution in [2.45, 2.75) is 36.0 Å². The van der Waals surface area contributed by atoms with Gasteiger partial charge in [0.05, 0.1) is 10.7 Å². The molecular formula is C19H23ClN4O2S. The smallest absolute Gasteiger partial charge is 0.244 e. The van der Waals surface area contributed by atoms with Crippen molar-refractivity contribution < 1.29 is 8.42 Å². The van der Waals surface area contributed by atoms with Gasteiger partial charge in [-0.1, -0.05) is 23.7 Å². The Labute approximate surface area is 165 Å². The van der Waals surface area contributed by atoms with Crippen LogP contribution in [-0.4, -0.2) is 49.9 Å². The van der Waals surface area contributed by atoms with Gasteiger partial charge in [-0.15, -0.1) is 0 Å². The molecule has 1 unspecified atom stereocenters. The first-order valence-corrected chi connectivity index (χ1v) is 10.9. The molecule has 0 bridgehead atoms. The van der Waals surface area contributed by atoms with Crippen molar-refractivity contribution in [3.8, 4) is 0 Å². The second-order valence-corrected chi connectivity index (χ2v) is 9.90. The second-order valence-electron chi connectivity index (χ2n) is 7.59. The summed E-state index contributed by atoms with van der Waals surface area (Å²) in [5.41, 5.74) is 1.91. The molecule has 1 aliphatic heterocycles. The molecule has 0 amide bonds. The van der Waals surface area contributed by atoms with Crippen LogP contribution < -0.4 is 4.90 Å². The van der Waals surface area contributed by atoms with Crippen LogP contribution in [0, 0.1) is 0 Å². The molecule has 1 aromatic heterocycles. The lowest BCUT2D eigenvalue weighted by atomic mass is 9.78. The van der Waals surface area contributed by atoms with Gasteiger partial charge in [0.1, 0.15) is 4.90 Å². The summed E-state index contributed by atoms with van der Waals surface area (Å²) in [6.07, 6.45) is 5.45. The highest BCUT2D eigenvalue weighted by Gasteiger charge is 2.46. The first-order valence-electron chi connectivity index (χ1n) is 9.12. The van der Waals surface area contributed by atoms with E-state index in [1.54, 1.807) is 28.6 Å². The highest BCUT2D eigenvalue weighted by atomic mass is 35.5. The SMILES string of the molecule is CN(C)c1ncc2c(n1)C1(CCCN(S(=O)(=O)c3ccccc3Cl)C1)CC2. The summed E-state index contributed by atoms with van der Waals surface area (Å²) in [6, 6.07) is 6.65. The number of benzene rings is 1. The fraction of sp³-hybridized carbons (Fsp3) is 0.474. The van der Waals surface area contributed by atoms with E-state index in [-0.39, 0.29) is 15.3 Å². The summed E-state index contributed by atoms with van der Waals surface area (Å²) in [5.74, 6) is 0.668. The van der Waals surface area contributed by atoms with E-state index < -0.39 is 10.0 Å². The zero-order valence-electron chi connectivity index (χ0n) is 15.5. The van der Waals surface area contributed by atoms with Gasteiger partial charge in [0.15, 0.2) is 0 Å². The number of nitrogens with zero attached hydrogens (tertiary/aromatic N) is 4. The van der Waals surface area contributed by atoms with Crippen LogP contribution in [0.5, 0.6) is 0 Å². The number of halogens is 1. The molecule has 27 heavy (non-hydrogen) atoms. The van der Waals surface area contributed by atoms with Gasteiger partial charge in [-0.2, -0.15) is 4.31 Å². The molecule has 0 saturated carbocycles. The number of hydrogen-bond acceptors (Lipinski definition) is 5. The number of sulfonamides is 1. The van der Waals surface area contributed by atoms with E-state index in [2.05, 4.69) is 4.98 Å². The number of anilines is 1. The van der Waals surface area contributed by atoms with Gasteiger partial charge < -0.3 is 4.90 Å². The molecule has 1 saturated heterocycles. The van der Waals surface area contributed by atoms with E-state index in [1.807, 2.05) is 25.2 Å². The summed E-state index contributed by atoms with van der Waals surface area (Å²) in [7, 11) is 0.193. The van der Waals surface area contributed by atoms with Crippen LogP contribution in [0.3, 0.4) is 0 Å². The Kier molecular flexibility index (Phi) is 4.64. The summed E-state index contributed by atoms with van der Waals surface area (Å²) in [6.45, 7) is 0.952. The van der Waals surface area contributed by atoms with Crippen molar-refractivity contribution in [3.05, 3.63) is 46.7 Å². The van der Waals surface area contributed by atoms with Crippen LogP contribution in [0.25, 0.3) is 0 Å². The van der Waals surface area contributed by atoms with Gasteiger partial charge in [-0.05, 0) is 43.4 Å². The lowest BCUT2D eigenvalue weighted by Crippen LogP contribution is -2.48. The van der Waals surface area contributed by atoms with Crippen LogP contribution in [0.2, 0.25) is 5.02 Å². The van der Waals surface area contributed by atoms with Crippen LogP contribution in [0.15, 0.2) is 35.4 Å². The highest BCUT2D eigenvalue weighted by molar-refractivity contribution is 7.89. The predicted molar refractivity (Wildman–Crippen MR) is 106 cm³/mol. The van der Waals surface area contributed by atoms with Gasteiger partial charge >= 0.3 is 0 Å². The van der Waals surface area contributed by atoms with E-state index >= 15 is 0 Å². The van der Waals surface area contributed by atoms with Gasteiger partial charge in [0, 0.05) is 38.8 Å². The fourth-order valence-electron chi connectivity index (χ4n) is 4.23. The first-order chi connectivity index (χ1) is 12.8. The molecule has 6 nitrogen and oxygen atoms in total. The standard InChI is InChI=1S/C19H23ClN4O2S/c1-23(2)18-21-12-14-8-10-19(17(14)22-18)9-5-11-24(13-19)27(25,26)16-7-4-3-6-15(16)20/h3-4,6-7,12H,5,8-11,13H2,1-2H3. The quantitative estimate of drug-likeness (QED) is 0.784. The third-order valence-electron chi connectivity index (χ3n) is 5.62. The molecule has 2 heterocycles. The van der Waals surface area contributed by atoms with E-state index in [0.717, 1.165) is 36.9 Å². The summed E-state index contributed by atoms with van der Waals surface area (Å²) >= 11 is 6.18. The number of aryl methyl sites for hydroxylation is 1. The number of piperidine rings is 1. The Morgan fingerprint density at radius 3 is 2.74 bits per heavy atom. The number of rotatable bonds is 3. The maximum atomic E-state index is 13.2. The van der Waals surface area contributed by atoms with E-state index in [0.29, 0.717) is 19.0 Å². The van der Waals surface area contributed by atoms with Gasteiger partial charge in [-0.3, -0.25) is 0 Å². The van der Waals surface area contributed by atoms with Crippen molar-refractivity contribution in [2.24, 2.45) is 0 Å². The minimum Gasteiger partial charge on any atom is -0.347 e. The average Bonchev–Trinajstić information content (AvgIpc) is 2.99. The van der Waals surface area contributed by atoms with E-state index in [1.165, 1.54) is 0 Å². The summed E-state index contributed by atoms with van der Waals surface area (Å²) < 4.78 is 28.1. The Morgan fingerprint density at radius 1 is 1.22 bits per heavy atom. The van der Waals surface area contributed by atoms with Crippen molar-refractivity contribution in [3.63, 3.8) is 0 Å². The molecule has 4 rings (SSSR count). The van der Waals surface area contributed by atoms with E-state index in [9.17, 15) is 8.42 Å². The van der Waals surface area contributed by atoms with Gasteiger partial charge in [0.2, 0.25) is 16.0 Å². The molecule has 144 valence electrons. The molecule has 1 atom stereocenters. The van der Waals surface area contributed by atoms with Crippen molar-refractivity contribution in [2.75, 3.05) is 32.1 Å². The zero-order valence-corrected chi connectivity index (χ0v) is 17.1. The summed E-state index contributed by atoms with van der Waals surface area (Å²) in [5, 5.41) is 0.265. The minimum absolute atomic E-state index is 0.179. The molecule has 1 aromatic carbocycles. The van der Waals surface area contributed by atoms with Crippen molar-refractivity contribution >= 4 is 27.6 Å². The Morgan fingerprint density at radius 2 is 2.00 bits per heavy atom. The molecular weight excluding hydrogens is 384 g/mol. The monoisotopic (exact) mass is 406 g/mol. The van der Waals surface area contributed by atoms with Crippen molar-refractivity contribution in [1.29, 1.82) is 0 Å². The predicted octanol–water partition coefficient (Wildman–Crippen LogP) is 2.86. The molecule has 0 radical (unpaired) electrons. The second kappa shape index (κ2) is 6.72. The molecule has 1 fully saturated rings. The number of fused-ring (bicyclic) bond motifs is 2. The van der Waals surface area contributed by atoms with Crippen LogP contribution in [0.1, 0.15) is 30.5 Å².